The fourth-order valence-electron chi connectivity index (χ4n) is 0.0546. The van der Waals surface area contributed by atoms with Crippen molar-refractivity contribution in [1.29, 1.82) is 0 Å². The zero-order chi connectivity index (χ0) is 4.99. The number of nitrogens with one attached hydrogen (secondary N) is 1. The van der Waals surface area contributed by atoms with E-state index in [0.717, 1.165) is 0 Å². The van der Waals surface area contributed by atoms with Crippen LogP contribution in [0.2, 0.25) is 0 Å². The first kappa shape index (κ1) is 5.40. The van der Waals surface area contributed by atoms with E-state index in [4.69, 9.17) is 0 Å². The van der Waals surface area contributed by atoms with E-state index < -0.39 is 5.95 Å². The molecule has 0 aromatic heterocycles. The van der Waals surface area contributed by atoms with Gasteiger partial charge >= 0.3 is 0 Å². The molecule has 0 aliphatic carbocycles. The van der Waals surface area contributed by atoms with Crippen LogP contribution in [0.15, 0.2) is 12.3 Å². The molecule has 0 atom stereocenters. The Labute approximate surface area is 34.7 Å². The number of hydrogen-bond donors (Lipinski definition) is 1. The van der Waals surface area contributed by atoms with Gasteiger partial charge < -0.3 is 5.32 Å². The fraction of sp³-hybridized carbons (Fsp3) is 0.333. The van der Waals surface area contributed by atoms with Crippen molar-refractivity contribution < 1.29 is 8.78 Å². The molecule has 0 saturated carbocycles. The van der Waals surface area contributed by atoms with Gasteiger partial charge in [0, 0.05) is 7.05 Å². The number of hydrogen-bond acceptors (Lipinski definition) is 1. The predicted molar refractivity (Wildman–Crippen MR) is 19.4 cm³/mol. The van der Waals surface area contributed by atoms with E-state index in [2.05, 4.69) is 0 Å². The highest BCUT2D eigenvalue weighted by Gasteiger charge is 1.79. The first-order valence-electron chi connectivity index (χ1n) is 1.45. The summed E-state index contributed by atoms with van der Waals surface area (Å²) in [5, 5.41) is 1.93. The van der Waals surface area contributed by atoms with E-state index >= 15 is 0 Å². The zero-order valence-electron chi connectivity index (χ0n) is 3.33. The van der Waals surface area contributed by atoms with Crippen LogP contribution >= 0.6 is 0 Å². The minimum Gasteiger partial charge on any atom is -0.363 e. The molecule has 3 heteroatoms. The summed E-state index contributed by atoms with van der Waals surface area (Å²) in [6.45, 7) is 0. The molecule has 0 saturated heterocycles. The summed E-state index contributed by atoms with van der Waals surface area (Å²) in [6, 6.07) is 0. The predicted octanol–water partition coefficient (Wildman–Crippen LogP) is 0.944. The Kier molecular flexibility index (Phi) is 2.36. The summed E-state index contributed by atoms with van der Waals surface area (Å²) < 4.78 is 22.0. The van der Waals surface area contributed by atoms with Crippen LogP contribution in [0.1, 0.15) is 0 Å². The van der Waals surface area contributed by atoms with Crippen LogP contribution in [0.3, 0.4) is 0 Å². The highest BCUT2D eigenvalue weighted by atomic mass is 19.2. The van der Waals surface area contributed by atoms with Crippen molar-refractivity contribution in [3.63, 3.8) is 0 Å². The quantitative estimate of drug-likeness (QED) is 0.476. The summed E-state index contributed by atoms with van der Waals surface area (Å²) in [6.07, 6.45) is -0.139. The first-order valence-corrected chi connectivity index (χ1v) is 1.45. The normalized spacial score (nSPS) is 11.5. The van der Waals surface area contributed by atoms with Gasteiger partial charge in [-0.05, 0) is 0 Å². The molecule has 0 radical (unpaired) electrons. The van der Waals surface area contributed by atoms with Gasteiger partial charge in [0.05, 0.1) is 0 Å². The van der Waals surface area contributed by atoms with Gasteiger partial charge in [0.15, 0.2) is 0 Å². The largest absolute Gasteiger partial charge is 0.363 e. The van der Waals surface area contributed by atoms with E-state index in [1.54, 1.807) is 0 Å². The molecule has 0 heterocycles. The third-order valence-electron chi connectivity index (χ3n) is 0.335. The molecule has 0 amide bonds. The van der Waals surface area contributed by atoms with E-state index in [1.165, 1.54) is 7.05 Å². The molecular formula is C3H5F2N. The van der Waals surface area contributed by atoms with Crippen molar-refractivity contribution in [3.05, 3.63) is 12.3 Å². The second-order valence-corrected chi connectivity index (χ2v) is 0.707. The first-order chi connectivity index (χ1) is 2.81. The molecule has 0 bridgehead atoms. The van der Waals surface area contributed by atoms with Crippen LogP contribution in [0.25, 0.3) is 0 Å². The van der Waals surface area contributed by atoms with E-state index in [-0.39, 0.29) is 6.33 Å². The topological polar surface area (TPSA) is 12.0 Å². The third kappa shape index (κ3) is 1.69. The van der Waals surface area contributed by atoms with Gasteiger partial charge in [0.1, 0.15) is 6.33 Å². The number of rotatable bonds is 1. The average Bonchev–Trinajstić information content (AvgIpc) is 1.65. The van der Waals surface area contributed by atoms with E-state index in [0.29, 0.717) is 0 Å². The Hall–Kier alpha value is -0.600. The van der Waals surface area contributed by atoms with Crippen molar-refractivity contribution in [2.75, 3.05) is 7.05 Å². The molecule has 0 rings (SSSR count). The Balaban J connectivity index is 3.22. The summed E-state index contributed by atoms with van der Waals surface area (Å²) in [5.41, 5.74) is 0. The smallest absolute Gasteiger partial charge is 0.215 e. The van der Waals surface area contributed by atoms with Gasteiger partial charge in [-0.1, -0.05) is 0 Å². The van der Waals surface area contributed by atoms with Gasteiger partial charge in [-0.2, -0.15) is 4.39 Å². The second kappa shape index (κ2) is 2.63. The zero-order valence-corrected chi connectivity index (χ0v) is 3.33. The van der Waals surface area contributed by atoms with Gasteiger partial charge in [0.2, 0.25) is 5.95 Å². The maximum Gasteiger partial charge on any atom is 0.215 e. The van der Waals surface area contributed by atoms with Gasteiger partial charge in [0.25, 0.3) is 0 Å². The van der Waals surface area contributed by atoms with Gasteiger partial charge in [-0.3, -0.25) is 0 Å². The Morgan fingerprint density at radius 1 is 1.83 bits per heavy atom. The molecule has 36 valence electrons. The highest BCUT2D eigenvalue weighted by Crippen LogP contribution is 1.85. The summed E-state index contributed by atoms with van der Waals surface area (Å²) in [7, 11) is 1.30. The Morgan fingerprint density at radius 2 is 2.33 bits per heavy atom. The van der Waals surface area contributed by atoms with Crippen molar-refractivity contribution in [2.24, 2.45) is 0 Å². The summed E-state index contributed by atoms with van der Waals surface area (Å²) in [4.78, 5) is 0. The monoisotopic (exact) mass is 93.0 g/mol. The maximum absolute atomic E-state index is 11.2. The highest BCUT2D eigenvalue weighted by molar-refractivity contribution is 4.77. The second-order valence-electron chi connectivity index (χ2n) is 0.707. The SMILES string of the molecule is CN/C(F)=C/F. The molecule has 1 N–H and O–H groups in total. The number of halogens is 2. The third-order valence-corrected chi connectivity index (χ3v) is 0.335. The minimum atomic E-state index is -0.949. The maximum atomic E-state index is 11.2. The standard InChI is InChI=1S/C3H5F2N/c1-6-3(5)2-4/h2,6H,1H3/b3-2+. The van der Waals surface area contributed by atoms with E-state index in [1.807, 2.05) is 5.32 Å². The minimum absolute atomic E-state index is 0.139. The molecule has 0 aromatic rings. The van der Waals surface area contributed by atoms with Gasteiger partial charge in [-0.15, -0.1) is 0 Å². The summed E-state index contributed by atoms with van der Waals surface area (Å²) >= 11 is 0. The molecule has 6 heavy (non-hydrogen) atoms. The van der Waals surface area contributed by atoms with Crippen LogP contribution in [0.5, 0.6) is 0 Å². The average molecular weight is 93.1 g/mol. The van der Waals surface area contributed by atoms with Crippen LogP contribution in [-0.4, -0.2) is 7.05 Å². The Morgan fingerprint density at radius 3 is 2.33 bits per heavy atom. The van der Waals surface area contributed by atoms with Gasteiger partial charge in [-0.25, -0.2) is 4.39 Å². The molecule has 0 unspecified atom stereocenters. The van der Waals surface area contributed by atoms with E-state index in [9.17, 15) is 8.78 Å². The fourth-order valence-corrected chi connectivity index (χ4v) is 0.0546. The molecule has 0 fully saturated rings. The van der Waals surface area contributed by atoms with Crippen molar-refractivity contribution >= 4 is 0 Å². The lowest BCUT2D eigenvalue weighted by Crippen LogP contribution is -1.98. The molecule has 0 aliphatic heterocycles. The lowest BCUT2D eigenvalue weighted by molar-refractivity contribution is 0.533. The van der Waals surface area contributed by atoms with Crippen LogP contribution in [-0.2, 0) is 0 Å². The van der Waals surface area contributed by atoms with Crippen molar-refractivity contribution in [3.8, 4) is 0 Å². The molecule has 0 spiro atoms. The molecule has 0 aliphatic rings. The van der Waals surface area contributed by atoms with Crippen LogP contribution in [0, 0.1) is 0 Å². The van der Waals surface area contributed by atoms with Crippen molar-refractivity contribution in [2.45, 2.75) is 0 Å². The van der Waals surface area contributed by atoms with Crippen LogP contribution < -0.4 is 5.32 Å². The van der Waals surface area contributed by atoms with Crippen LogP contribution in [0.4, 0.5) is 8.78 Å². The molecule has 0 aromatic carbocycles. The lowest BCUT2D eigenvalue weighted by Gasteiger charge is -1.83. The lowest BCUT2D eigenvalue weighted by atomic mass is 10.9. The Bertz CT molecular complexity index is 59.8. The molecule has 1 nitrogen and oxygen atoms in total. The molecular weight excluding hydrogens is 88.0 g/mol. The summed E-state index contributed by atoms with van der Waals surface area (Å²) in [5.74, 6) is -0.949. The van der Waals surface area contributed by atoms with Crippen molar-refractivity contribution in [1.82, 2.24) is 5.32 Å².